The molecule has 0 N–H and O–H groups in total. The van der Waals surface area contributed by atoms with Crippen molar-refractivity contribution in [2.45, 2.75) is 96.9 Å². The van der Waals surface area contributed by atoms with Crippen molar-refractivity contribution >= 4 is 0 Å². The van der Waals surface area contributed by atoms with Crippen LogP contribution in [-0.4, -0.2) is 4.57 Å². The third-order valence-electron chi connectivity index (χ3n) is 6.93. The van der Waals surface area contributed by atoms with Crippen molar-refractivity contribution in [3.63, 3.8) is 0 Å². The molecule has 1 heterocycles. The predicted molar refractivity (Wildman–Crippen MR) is 108 cm³/mol. The largest absolute Gasteiger partial charge is 0.259 e. The maximum Gasteiger partial charge on any atom is 0.259 e. The van der Waals surface area contributed by atoms with Crippen molar-refractivity contribution in [1.29, 1.82) is 0 Å². The van der Waals surface area contributed by atoms with Crippen LogP contribution in [0.1, 0.15) is 98.9 Å². The lowest BCUT2D eigenvalue weighted by molar-refractivity contribution is -0.738. The first kappa shape index (κ1) is 17.8. The molecule has 2 saturated carbocycles. The second kappa shape index (κ2) is 7.58. The zero-order valence-corrected chi connectivity index (χ0v) is 16.9. The Morgan fingerprint density at radius 3 is 2.08 bits per heavy atom. The molecule has 0 radical (unpaired) electrons. The molecule has 140 valence electrons. The average Bonchev–Trinajstić information content (AvgIpc) is 2.94. The summed E-state index contributed by atoms with van der Waals surface area (Å²) < 4.78 is 5.35. The van der Waals surface area contributed by atoms with E-state index in [1.807, 2.05) is 0 Å². The summed E-state index contributed by atoms with van der Waals surface area (Å²) in [6.07, 6.45) is 13.9. The van der Waals surface area contributed by atoms with E-state index in [2.05, 4.69) is 54.2 Å². The Morgan fingerprint density at radius 1 is 0.808 bits per heavy atom. The fraction of sp³-hybridized carbons (Fsp3) is 0.625. The van der Waals surface area contributed by atoms with Gasteiger partial charge in [0, 0.05) is 19.8 Å². The van der Waals surface area contributed by atoms with E-state index in [1.165, 1.54) is 87.0 Å². The molecule has 0 saturated heterocycles. The molecule has 2 nitrogen and oxygen atoms in total. The number of benzene rings is 1. The standard InChI is InChI=1S/C24H35N2/c1-18-12-10-11-17-23(18)25-19(2)24(21-13-6-4-7-14-21)26(20(25)3)22-15-8-5-9-16-22/h10-12,17,21-22H,4-9,13-16H2,1-3H3/q+1. The first-order valence-electron chi connectivity index (χ1n) is 10.9. The van der Waals surface area contributed by atoms with Gasteiger partial charge in [0.05, 0.1) is 0 Å². The van der Waals surface area contributed by atoms with Gasteiger partial charge in [0.2, 0.25) is 0 Å². The SMILES string of the molecule is Cc1ccccc1-n1c(C)c(C2CCCCC2)[n+](C2CCCCC2)c1C. The summed E-state index contributed by atoms with van der Waals surface area (Å²) in [7, 11) is 0. The number of aryl methyl sites for hydroxylation is 1. The lowest BCUT2D eigenvalue weighted by Crippen LogP contribution is -2.46. The highest BCUT2D eigenvalue weighted by molar-refractivity contribution is 5.43. The van der Waals surface area contributed by atoms with E-state index in [0.717, 1.165) is 5.92 Å². The van der Waals surface area contributed by atoms with Gasteiger partial charge in [-0.05, 0) is 57.1 Å². The minimum absolute atomic E-state index is 0.713. The van der Waals surface area contributed by atoms with E-state index < -0.39 is 0 Å². The summed E-state index contributed by atoms with van der Waals surface area (Å²) in [6, 6.07) is 9.60. The smallest absolute Gasteiger partial charge is 0.228 e. The Morgan fingerprint density at radius 2 is 1.42 bits per heavy atom. The molecule has 2 heteroatoms. The Kier molecular flexibility index (Phi) is 5.20. The second-order valence-electron chi connectivity index (χ2n) is 8.64. The third-order valence-corrected chi connectivity index (χ3v) is 6.93. The Balaban J connectivity index is 1.88. The molecule has 1 aromatic carbocycles. The highest BCUT2D eigenvalue weighted by Crippen LogP contribution is 2.37. The van der Waals surface area contributed by atoms with Crippen molar-refractivity contribution in [2.24, 2.45) is 0 Å². The lowest BCUT2D eigenvalue weighted by atomic mass is 9.85. The van der Waals surface area contributed by atoms with Gasteiger partial charge in [0.1, 0.15) is 23.1 Å². The van der Waals surface area contributed by atoms with Gasteiger partial charge in [-0.3, -0.25) is 0 Å². The van der Waals surface area contributed by atoms with Crippen LogP contribution in [0.5, 0.6) is 0 Å². The van der Waals surface area contributed by atoms with Crippen LogP contribution in [0.15, 0.2) is 24.3 Å². The normalized spacial score (nSPS) is 19.8. The maximum atomic E-state index is 2.79. The summed E-state index contributed by atoms with van der Waals surface area (Å²) in [5.41, 5.74) is 5.90. The Hall–Kier alpha value is -1.57. The quantitative estimate of drug-likeness (QED) is 0.579. The monoisotopic (exact) mass is 351 g/mol. The van der Waals surface area contributed by atoms with Gasteiger partial charge in [0.25, 0.3) is 5.82 Å². The van der Waals surface area contributed by atoms with Crippen molar-refractivity contribution in [1.82, 2.24) is 4.57 Å². The number of hydrogen-bond donors (Lipinski definition) is 0. The average molecular weight is 352 g/mol. The molecule has 0 unspecified atom stereocenters. The predicted octanol–water partition coefficient (Wildman–Crippen LogP) is 6.24. The minimum atomic E-state index is 0.713. The maximum absolute atomic E-state index is 2.79. The summed E-state index contributed by atoms with van der Waals surface area (Å²) in [5.74, 6) is 2.21. The number of imidazole rings is 1. The molecule has 0 bridgehead atoms. The molecule has 2 aromatic rings. The summed E-state index contributed by atoms with van der Waals surface area (Å²) in [5, 5.41) is 0. The van der Waals surface area contributed by atoms with Crippen LogP contribution in [0.3, 0.4) is 0 Å². The molecule has 2 aliphatic carbocycles. The topological polar surface area (TPSA) is 8.81 Å². The first-order valence-corrected chi connectivity index (χ1v) is 10.9. The minimum Gasteiger partial charge on any atom is -0.228 e. The fourth-order valence-electron chi connectivity index (χ4n) is 5.65. The molecule has 0 atom stereocenters. The summed E-state index contributed by atoms with van der Waals surface area (Å²) >= 11 is 0. The molecule has 2 aliphatic rings. The van der Waals surface area contributed by atoms with E-state index >= 15 is 0 Å². The van der Waals surface area contributed by atoms with Crippen molar-refractivity contribution in [3.05, 3.63) is 47.0 Å². The summed E-state index contributed by atoms with van der Waals surface area (Å²) in [6.45, 7) is 6.99. The van der Waals surface area contributed by atoms with Crippen LogP contribution < -0.4 is 4.57 Å². The van der Waals surface area contributed by atoms with Crippen LogP contribution in [0.25, 0.3) is 5.69 Å². The fourth-order valence-corrected chi connectivity index (χ4v) is 5.65. The molecule has 4 rings (SSSR count). The van der Waals surface area contributed by atoms with Crippen molar-refractivity contribution in [3.8, 4) is 5.69 Å². The van der Waals surface area contributed by atoms with Gasteiger partial charge in [-0.25, -0.2) is 4.57 Å². The van der Waals surface area contributed by atoms with Crippen LogP contribution in [-0.2, 0) is 0 Å². The Labute approximate surface area is 159 Å². The van der Waals surface area contributed by atoms with Crippen LogP contribution >= 0.6 is 0 Å². The molecule has 2 fully saturated rings. The van der Waals surface area contributed by atoms with Crippen LogP contribution in [0.4, 0.5) is 0 Å². The molecular weight excluding hydrogens is 316 g/mol. The van der Waals surface area contributed by atoms with E-state index in [1.54, 1.807) is 5.69 Å². The lowest BCUT2D eigenvalue weighted by Gasteiger charge is -2.25. The molecule has 1 aromatic heterocycles. The molecule has 0 aliphatic heterocycles. The molecular formula is C24H35N2+. The van der Waals surface area contributed by atoms with Gasteiger partial charge in [-0.1, -0.05) is 43.9 Å². The van der Waals surface area contributed by atoms with Gasteiger partial charge in [-0.2, -0.15) is 4.57 Å². The van der Waals surface area contributed by atoms with Gasteiger partial charge in [-0.15, -0.1) is 0 Å². The highest BCUT2D eigenvalue weighted by atomic mass is 15.2. The molecule has 0 amide bonds. The number of hydrogen-bond acceptors (Lipinski definition) is 0. The van der Waals surface area contributed by atoms with Gasteiger partial charge in [0.15, 0.2) is 0 Å². The van der Waals surface area contributed by atoms with E-state index in [9.17, 15) is 0 Å². The van der Waals surface area contributed by atoms with Crippen molar-refractivity contribution in [2.75, 3.05) is 0 Å². The zero-order valence-electron chi connectivity index (χ0n) is 16.9. The number of nitrogens with zero attached hydrogens (tertiary/aromatic N) is 2. The zero-order chi connectivity index (χ0) is 18.1. The Bertz CT molecular complexity index is 717. The van der Waals surface area contributed by atoms with E-state index in [-0.39, 0.29) is 0 Å². The molecule has 26 heavy (non-hydrogen) atoms. The third kappa shape index (κ3) is 3.12. The van der Waals surface area contributed by atoms with Crippen LogP contribution in [0, 0.1) is 20.8 Å². The van der Waals surface area contributed by atoms with Crippen molar-refractivity contribution < 1.29 is 4.57 Å². The van der Waals surface area contributed by atoms with Gasteiger partial charge >= 0.3 is 0 Å². The number of aromatic nitrogens is 2. The van der Waals surface area contributed by atoms with E-state index in [4.69, 9.17) is 0 Å². The first-order chi connectivity index (χ1) is 12.7. The summed E-state index contributed by atoms with van der Waals surface area (Å²) in [4.78, 5) is 0. The highest BCUT2D eigenvalue weighted by Gasteiger charge is 2.36. The number of para-hydroxylation sites is 1. The van der Waals surface area contributed by atoms with E-state index in [0.29, 0.717) is 6.04 Å². The van der Waals surface area contributed by atoms with Gasteiger partial charge < -0.3 is 0 Å². The second-order valence-corrected chi connectivity index (χ2v) is 8.64. The van der Waals surface area contributed by atoms with Crippen LogP contribution in [0.2, 0.25) is 0 Å². The number of rotatable bonds is 3. The molecule has 0 spiro atoms.